The van der Waals surface area contributed by atoms with Crippen molar-refractivity contribution in [2.45, 2.75) is 13.5 Å². The Morgan fingerprint density at radius 2 is 1.54 bits per heavy atom. The first kappa shape index (κ1) is 16.1. The Kier molecular flexibility index (Phi) is 3.81. The average Bonchev–Trinajstić information content (AvgIpc) is 2.93. The summed E-state index contributed by atoms with van der Waals surface area (Å²) in [5.41, 5.74) is 8.49. The zero-order valence-electron chi connectivity index (χ0n) is 14.4. The van der Waals surface area contributed by atoms with Crippen molar-refractivity contribution < 1.29 is 9.59 Å². The van der Waals surface area contributed by atoms with Crippen LogP contribution in [0.15, 0.2) is 66.7 Å². The van der Waals surface area contributed by atoms with Gasteiger partial charge in [0.15, 0.2) is 0 Å². The Hall–Kier alpha value is -3.40. The number of aromatic nitrogens is 1. The molecule has 1 aromatic heterocycles. The molecule has 2 N–H and O–H groups in total. The second-order valence-electron chi connectivity index (χ2n) is 6.40. The lowest BCUT2D eigenvalue weighted by atomic mass is 10.0. The van der Waals surface area contributed by atoms with Gasteiger partial charge in [-0.1, -0.05) is 60.7 Å². The molecule has 0 fully saturated rings. The highest BCUT2D eigenvalue weighted by atomic mass is 16.2. The molecule has 1 heterocycles. The van der Waals surface area contributed by atoms with Gasteiger partial charge in [0.05, 0.1) is 5.56 Å². The largest absolute Gasteiger partial charge is 0.363 e. The number of benzene rings is 3. The van der Waals surface area contributed by atoms with E-state index in [2.05, 4.69) is 28.8 Å². The normalized spacial score (nSPS) is 11.1. The van der Waals surface area contributed by atoms with Crippen LogP contribution in [0.4, 0.5) is 0 Å². The fourth-order valence-electron chi connectivity index (χ4n) is 3.65. The molecule has 4 aromatic rings. The van der Waals surface area contributed by atoms with Gasteiger partial charge in [0.2, 0.25) is 0 Å². The van der Waals surface area contributed by atoms with Crippen LogP contribution in [0.2, 0.25) is 0 Å². The summed E-state index contributed by atoms with van der Waals surface area (Å²) >= 11 is 0. The van der Waals surface area contributed by atoms with E-state index in [9.17, 15) is 9.59 Å². The Morgan fingerprint density at radius 3 is 2.31 bits per heavy atom. The number of hydrogen-bond acceptors (Lipinski definition) is 2. The number of fused-ring (bicyclic) bond motifs is 2. The molecular formula is C22H18N2O2. The molecule has 0 aliphatic carbocycles. The number of Topliss-reactive ketones (excluding diaryl/α,β-unsaturated/α-hetero) is 1. The predicted octanol–water partition coefficient (Wildman–Crippen LogP) is 3.82. The molecule has 1 amide bonds. The lowest BCUT2D eigenvalue weighted by Gasteiger charge is -2.11. The number of para-hydroxylation sites is 1. The molecule has 0 unspecified atom stereocenters. The SMILES string of the molecule is Cc1c(C(=O)C(N)=O)c2ccccc2n1Cc1cccc2ccccc12. The van der Waals surface area contributed by atoms with Crippen LogP contribution >= 0.6 is 0 Å². The summed E-state index contributed by atoms with van der Waals surface area (Å²) in [5.74, 6) is -1.57. The van der Waals surface area contributed by atoms with E-state index >= 15 is 0 Å². The van der Waals surface area contributed by atoms with Crippen LogP contribution in [0, 0.1) is 6.92 Å². The molecule has 0 saturated heterocycles. The molecule has 0 radical (unpaired) electrons. The Balaban J connectivity index is 1.93. The first-order chi connectivity index (χ1) is 12.6. The van der Waals surface area contributed by atoms with Crippen LogP contribution in [0.5, 0.6) is 0 Å². The van der Waals surface area contributed by atoms with E-state index in [-0.39, 0.29) is 0 Å². The summed E-state index contributed by atoms with van der Waals surface area (Å²) in [6.45, 7) is 2.47. The maximum Gasteiger partial charge on any atom is 0.289 e. The molecule has 4 heteroatoms. The van der Waals surface area contributed by atoms with Crippen LogP contribution in [0.25, 0.3) is 21.7 Å². The molecule has 4 rings (SSSR count). The van der Waals surface area contributed by atoms with Gasteiger partial charge in [-0.05, 0) is 29.3 Å². The topological polar surface area (TPSA) is 65.1 Å². The van der Waals surface area contributed by atoms with E-state index in [1.54, 1.807) is 0 Å². The minimum absolute atomic E-state index is 0.397. The summed E-state index contributed by atoms with van der Waals surface area (Å²) in [5, 5.41) is 3.11. The summed E-state index contributed by atoms with van der Waals surface area (Å²) in [6.07, 6.45) is 0. The van der Waals surface area contributed by atoms with Crippen LogP contribution in [-0.2, 0) is 11.3 Å². The maximum atomic E-state index is 12.4. The molecule has 0 spiro atoms. The van der Waals surface area contributed by atoms with Crippen molar-refractivity contribution in [3.63, 3.8) is 0 Å². The molecule has 4 nitrogen and oxygen atoms in total. The fourth-order valence-corrected chi connectivity index (χ4v) is 3.65. The van der Waals surface area contributed by atoms with Gasteiger partial charge in [-0.2, -0.15) is 0 Å². The zero-order chi connectivity index (χ0) is 18.3. The molecule has 0 saturated carbocycles. The number of nitrogens with zero attached hydrogens (tertiary/aromatic N) is 1. The van der Waals surface area contributed by atoms with Gasteiger partial charge in [0.25, 0.3) is 11.7 Å². The number of hydrogen-bond donors (Lipinski definition) is 1. The van der Waals surface area contributed by atoms with E-state index in [1.807, 2.05) is 49.4 Å². The molecule has 0 bridgehead atoms. The standard InChI is InChI=1S/C22H18N2O2/c1-14-20(21(25)22(23)26)18-11-4-5-12-19(18)24(14)13-16-9-6-8-15-7-2-3-10-17(15)16/h2-12H,13H2,1H3,(H2,23,26). The minimum atomic E-state index is -0.929. The van der Waals surface area contributed by atoms with E-state index in [1.165, 1.54) is 10.8 Å². The zero-order valence-corrected chi connectivity index (χ0v) is 14.4. The first-order valence-electron chi connectivity index (χ1n) is 8.46. The number of carbonyl (C=O) groups is 2. The van der Waals surface area contributed by atoms with Gasteiger partial charge in [0.1, 0.15) is 0 Å². The second-order valence-corrected chi connectivity index (χ2v) is 6.40. The maximum absolute atomic E-state index is 12.4. The first-order valence-corrected chi connectivity index (χ1v) is 8.46. The van der Waals surface area contributed by atoms with Crippen molar-refractivity contribution in [2.75, 3.05) is 0 Å². The number of nitrogens with two attached hydrogens (primary N) is 1. The number of carbonyl (C=O) groups excluding carboxylic acids is 2. The van der Waals surface area contributed by atoms with Crippen LogP contribution in [0.3, 0.4) is 0 Å². The number of ketones is 1. The third-order valence-electron chi connectivity index (χ3n) is 4.89. The Bertz CT molecular complexity index is 1170. The smallest absolute Gasteiger partial charge is 0.289 e. The van der Waals surface area contributed by atoms with Crippen LogP contribution in [-0.4, -0.2) is 16.3 Å². The van der Waals surface area contributed by atoms with Crippen molar-refractivity contribution in [1.29, 1.82) is 0 Å². The van der Waals surface area contributed by atoms with Gasteiger partial charge >= 0.3 is 0 Å². The van der Waals surface area contributed by atoms with Crippen LogP contribution < -0.4 is 5.73 Å². The van der Waals surface area contributed by atoms with Crippen molar-refractivity contribution >= 4 is 33.4 Å². The molecule has 0 aliphatic heterocycles. The lowest BCUT2D eigenvalue weighted by molar-refractivity contribution is -0.114. The second kappa shape index (κ2) is 6.15. The molecular weight excluding hydrogens is 324 g/mol. The van der Waals surface area contributed by atoms with Gasteiger partial charge in [-0.3, -0.25) is 9.59 Å². The van der Waals surface area contributed by atoms with Crippen molar-refractivity contribution in [3.05, 3.63) is 83.6 Å². The van der Waals surface area contributed by atoms with E-state index < -0.39 is 11.7 Å². The highest BCUT2D eigenvalue weighted by molar-refractivity contribution is 6.44. The summed E-state index contributed by atoms with van der Waals surface area (Å²) < 4.78 is 2.08. The van der Waals surface area contributed by atoms with Gasteiger partial charge in [-0.25, -0.2) is 0 Å². The van der Waals surface area contributed by atoms with Crippen molar-refractivity contribution in [3.8, 4) is 0 Å². The Morgan fingerprint density at radius 1 is 0.885 bits per heavy atom. The van der Waals surface area contributed by atoms with Crippen molar-refractivity contribution in [1.82, 2.24) is 4.57 Å². The number of primary amides is 1. The quantitative estimate of drug-likeness (QED) is 0.453. The highest BCUT2D eigenvalue weighted by Crippen LogP contribution is 2.28. The summed E-state index contributed by atoms with van der Waals surface area (Å²) in [6, 6.07) is 22.1. The third kappa shape index (κ3) is 2.47. The molecule has 128 valence electrons. The van der Waals surface area contributed by atoms with Gasteiger partial charge in [-0.15, -0.1) is 0 Å². The van der Waals surface area contributed by atoms with Gasteiger partial charge < -0.3 is 10.3 Å². The third-order valence-corrected chi connectivity index (χ3v) is 4.89. The summed E-state index contributed by atoms with van der Waals surface area (Å²) in [4.78, 5) is 23.9. The van der Waals surface area contributed by atoms with Crippen molar-refractivity contribution in [2.24, 2.45) is 5.73 Å². The average molecular weight is 342 g/mol. The molecule has 0 atom stereocenters. The lowest BCUT2D eigenvalue weighted by Crippen LogP contribution is -2.23. The van der Waals surface area contributed by atoms with E-state index in [4.69, 9.17) is 5.73 Å². The molecule has 3 aromatic carbocycles. The monoisotopic (exact) mass is 342 g/mol. The number of rotatable bonds is 4. The molecule has 26 heavy (non-hydrogen) atoms. The number of amides is 1. The van der Waals surface area contributed by atoms with E-state index in [0.717, 1.165) is 22.2 Å². The molecule has 0 aliphatic rings. The summed E-state index contributed by atoms with van der Waals surface area (Å²) in [7, 11) is 0. The van der Waals surface area contributed by atoms with E-state index in [0.29, 0.717) is 12.1 Å². The predicted molar refractivity (Wildman–Crippen MR) is 103 cm³/mol. The Labute approximate surface area is 150 Å². The fraction of sp³-hybridized carbons (Fsp3) is 0.0909. The highest BCUT2D eigenvalue weighted by Gasteiger charge is 2.23. The van der Waals surface area contributed by atoms with Gasteiger partial charge in [0, 0.05) is 23.1 Å². The van der Waals surface area contributed by atoms with Crippen LogP contribution in [0.1, 0.15) is 21.6 Å². The minimum Gasteiger partial charge on any atom is -0.363 e.